The summed E-state index contributed by atoms with van der Waals surface area (Å²) in [6, 6.07) is 4.96. The lowest BCUT2D eigenvalue weighted by Crippen LogP contribution is -2.41. The van der Waals surface area contributed by atoms with Crippen LogP contribution in [0.25, 0.3) is 0 Å². The van der Waals surface area contributed by atoms with Crippen LogP contribution in [0.2, 0.25) is 0 Å². The summed E-state index contributed by atoms with van der Waals surface area (Å²) in [6.07, 6.45) is -1.93. The van der Waals surface area contributed by atoms with Crippen LogP contribution in [0.5, 0.6) is 0 Å². The number of likely N-dealkylation sites (tertiary alicyclic amines) is 1. The zero-order valence-corrected chi connectivity index (χ0v) is 12.9. The summed E-state index contributed by atoms with van der Waals surface area (Å²) in [5.41, 5.74) is 4.39. The second kappa shape index (κ2) is 7.83. The van der Waals surface area contributed by atoms with E-state index in [1.54, 1.807) is 0 Å². The third-order valence-corrected chi connectivity index (χ3v) is 3.84. The van der Waals surface area contributed by atoms with Crippen LogP contribution in [0.15, 0.2) is 24.3 Å². The lowest BCUT2D eigenvalue weighted by Gasteiger charge is -2.33. The van der Waals surface area contributed by atoms with Crippen molar-refractivity contribution in [2.45, 2.75) is 25.4 Å². The van der Waals surface area contributed by atoms with Crippen LogP contribution in [0.4, 0.5) is 13.2 Å². The maximum absolute atomic E-state index is 13.0. The highest BCUT2D eigenvalue weighted by Crippen LogP contribution is 2.33. The number of alkyl halides is 3. The normalized spacial score (nSPS) is 18.7. The minimum Gasteiger partial charge on any atom is -0.338 e. The Labute approximate surface area is 134 Å². The van der Waals surface area contributed by atoms with Gasteiger partial charge in [0.1, 0.15) is 0 Å². The molecule has 7 heteroatoms. The molecule has 124 valence electrons. The number of nitrogens with zero attached hydrogens (tertiary/aromatic N) is 1. The molecular weight excluding hydrogens is 317 g/mol. The Kier molecular flexibility index (Phi) is 6.68. The van der Waals surface area contributed by atoms with Crippen LogP contribution >= 0.6 is 12.4 Å². The van der Waals surface area contributed by atoms with E-state index in [1.165, 1.54) is 23.1 Å². The highest BCUT2D eigenvalue weighted by atomic mass is 35.5. The first-order valence-corrected chi connectivity index (χ1v) is 7.09. The van der Waals surface area contributed by atoms with Crippen molar-refractivity contribution >= 4 is 18.3 Å². The van der Waals surface area contributed by atoms with Gasteiger partial charge < -0.3 is 10.6 Å². The van der Waals surface area contributed by atoms with E-state index in [-0.39, 0.29) is 23.9 Å². The molecule has 1 heterocycles. The minimum atomic E-state index is -4.52. The number of halogens is 4. The van der Waals surface area contributed by atoms with Gasteiger partial charge in [-0.25, -0.2) is 0 Å². The molecule has 2 N–H and O–H groups in total. The van der Waals surface area contributed by atoms with Gasteiger partial charge in [-0.15, -0.1) is 12.4 Å². The molecule has 1 fully saturated rings. The quantitative estimate of drug-likeness (QED) is 0.920. The summed E-state index contributed by atoms with van der Waals surface area (Å²) in [5.74, 6) is -0.254. The molecule has 1 atom stereocenters. The fourth-order valence-electron chi connectivity index (χ4n) is 2.81. The van der Waals surface area contributed by atoms with E-state index in [9.17, 15) is 18.0 Å². The number of benzene rings is 1. The Hall–Kier alpha value is -1.27. The summed E-state index contributed by atoms with van der Waals surface area (Å²) in [6.45, 7) is 1.53. The SMILES string of the molecule is Cl.NCCC1CCCN(C(=O)c2ccccc2C(F)(F)F)C1. The summed E-state index contributed by atoms with van der Waals surface area (Å²) in [4.78, 5) is 13.9. The Balaban J connectivity index is 0.00000242. The van der Waals surface area contributed by atoms with E-state index >= 15 is 0 Å². The average Bonchev–Trinajstić information content (AvgIpc) is 2.46. The molecule has 0 spiro atoms. The third kappa shape index (κ3) is 4.36. The van der Waals surface area contributed by atoms with Crippen LogP contribution in [0.1, 0.15) is 35.2 Å². The number of piperidine rings is 1. The predicted molar refractivity (Wildman–Crippen MR) is 81.0 cm³/mol. The first kappa shape index (κ1) is 18.8. The molecule has 1 aliphatic rings. The highest BCUT2D eigenvalue weighted by molar-refractivity contribution is 5.96. The Morgan fingerprint density at radius 2 is 2.00 bits per heavy atom. The average molecular weight is 337 g/mol. The van der Waals surface area contributed by atoms with Gasteiger partial charge in [-0.3, -0.25) is 4.79 Å². The molecule has 0 bridgehead atoms. The third-order valence-electron chi connectivity index (χ3n) is 3.84. The number of rotatable bonds is 3. The Bertz CT molecular complexity index is 506. The van der Waals surface area contributed by atoms with Gasteiger partial charge in [-0.2, -0.15) is 13.2 Å². The fourth-order valence-corrected chi connectivity index (χ4v) is 2.81. The van der Waals surface area contributed by atoms with Crippen molar-refractivity contribution < 1.29 is 18.0 Å². The van der Waals surface area contributed by atoms with Gasteiger partial charge in [-0.05, 0) is 43.9 Å². The van der Waals surface area contributed by atoms with E-state index in [2.05, 4.69) is 0 Å². The molecule has 1 saturated heterocycles. The molecule has 0 aromatic heterocycles. The van der Waals surface area contributed by atoms with Gasteiger partial charge >= 0.3 is 6.18 Å². The number of amides is 1. The number of carbonyl (C=O) groups excluding carboxylic acids is 1. The van der Waals surface area contributed by atoms with E-state index < -0.39 is 17.6 Å². The zero-order chi connectivity index (χ0) is 15.5. The molecule has 1 amide bonds. The minimum absolute atomic E-state index is 0. The van der Waals surface area contributed by atoms with Crippen molar-refractivity contribution in [3.8, 4) is 0 Å². The molecule has 0 saturated carbocycles. The molecule has 0 radical (unpaired) electrons. The zero-order valence-electron chi connectivity index (χ0n) is 12.1. The van der Waals surface area contributed by atoms with Crippen molar-refractivity contribution in [1.29, 1.82) is 0 Å². The first-order chi connectivity index (χ1) is 9.93. The van der Waals surface area contributed by atoms with Crippen LogP contribution in [-0.2, 0) is 6.18 Å². The summed E-state index contributed by atoms with van der Waals surface area (Å²) in [7, 11) is 0. The van der Waals surface area contributed by atoms with Crippen molar-refractivity contribution in [3.05, 3.63) is 35.4 Å². The Morgan fingerprint density at radius 1 is 1.32 bits per heavy atom. The van der Waals surface area contributed by atoms with Gasteiger partial charge in [-0.1, -0.05) is 12.1 Å². The molecule has 0 aliphatic carbocycles. The molecule has 2 rings (SSSR count). The van der Waals surface area contributed by atoms with E-state index in [0.717, 1.165) is 25.3 Å². The topological polar surface area (TPSA) is 46.3 Å². The van der Waals surface area contributed by atoms with Crippen molar-refractivity contribution in [3.63, 3.8) is 0 Å². The molecule has 1 unspecified atom stereocenters. The first-order valence-electron chi connectivity index (χ1n) is 7.09. The van der Waals surface area contributed by atoms with Crippen molar-refractivity contribution in [2.75, 3.05) is 19.6 Å². The second-order valence-corrected chi connectivity index (χ2v) is 5.38. The second-order valence-electron chi connectivity index (χ2n) is 5.38. The van der Waals surface area contributed by atoms with Gasteiger partial charge in [0.25, 0.3) is 5.91 Å². The maximum atomic E-state index is 13.0. The monoisotopic (exact) mass is 336 g/mol. The van der Waals surface area contributed by atoms with Crippen LogP contribution < -0.4 is 5.73 Å². The molecule has 22 heavy (non-hydrogen) atoms. The lowest BCUT2D eigenvalue weighted by molar-refractivity contribution is -0.138. The number of hydrogen-bond donors (Lipinski definition) is 1. The van der Waals surface area contributed by atoms with Gasteiger partial charge in [0.05, 0.1) is 11.1 Å². The summed E-state index contributed by atoms with van der Waals surface area (Å²) < 4.78 is 39.0. The molecule has 1 aromatic carbocycles. The lowest BCUT2D eigenvalue weighted by atomic mass is 9.94. The maximum Gasteiger partial charge on any atom is 0.417 e. The molecule has 1 aliphatic heterocycles. The largest absolute Gasteiger partial charge is 0.417 e. The number of nitrogens with two attached hydrogens (primary N) is 1. The Morgan fingerprint density at radius 3 is 2.64 bits per heavy atom. The molecule has 1 aromatic rings. The van der Waals surface area contributed by atoms with E-state index in [1.807, 2.05) is 0 Å². The fraction of sp³-hybridized carbons (Fsp3) is 0.533. The molecule has 3 nitrogen and oxygen atoms in total. The van der Waals surface area contributed by atoms with E-state index in [4.69, 9.17) is 5.73 Å². The van der Waals surface area contributed by atoms with E-state index in [0.29, 0.717) is 19.6 Å². The standard InChI is InChI=1S/C15H19F3N2O.ClH/c16-15(17,18)13-6-2-1-5-12(13)14(21)20-9-3-4-11(10-20)7-8-19;/h1-2,5-6,11H,3-4,7-10,19H2;1H. The number of hydrogen-bond acceptors (Lipinski definition) is 2. The van der Waals surface area contributed by atoms with Crippen LogP contribution in [-0.4, -0.2) is 30.4 Å². The van der Waals surface area contributed by atoms with Crippen molar-refractivity contribution in [1.82, 2.24) is 4.90 Å². The smallest absolute Gasteiger partial charge is 0.338 e. The summed E-state index contributed by atoms with van der Waals surface area (Å²) in [5, 5.41) is 0. The number of carbonyl (C=O) groups is 1. The van der Waals surface area contributed by atoms with Gasteiger partial charge in [0, 0.05) is 13.1 Å². The predicted octanol–water partition coefficient (Wildman–Crippen LogP) is 3.33. The molecular formula is C15H20ClF3N2O. The van der Waals surface area contributed by atoms with Crippen LogP contribution in [0.3, 0.4) is 0 Å². The van der Waals surface area contributed by atoms with Crippen molar-refractivity contribution in [2.24, 2.45) is 11.7 Å². The summed E-state index contributed by atoms with van der Waals surface area (Å²) >= 11 is 0. The van der Waals surface area contributed by atoms with Gasteiger partial charge in [0.15, 0.2) is 0 Å². The highest BCUT2D eigenvalue weighted by Gasteiger charge is 2.36. The van der Waals surface area contributed by atoms with Gasteiger partial charge in [0.2, 0.25) is 0 Å². The van der Waals surface area contributed by atoms with Crippen LogP contribution in [0, 0.1) is 5.92 Å².